The van der Waals surface area contributed by atoms with E-state index in [0.29, 0.717) is 25.3 Å². The van der Waals surface area contributed by atoms with Crippen LogP contribution in [0.4, 0.5) is 0 Å². The summed E-state index contributed by atoms with van der Waals surface area (Å²) in [5, 5.41) is 14.3. The summed E-state index contributed by atoms with van der Waals surface area (Å²) in [6, 6.07) is -0.719. The van der Waals surface area contributed by atoms with E-state index >= 15 is 0 Å². The van der Waals surface area contributed by atoms with Crippen LogP contribution in [0.1, 0.15) is 40.0 Å². The highest BCUT2D eigenvalue weighted by Crippen LogP contribution is 2.41. The molecule has 0 radical (unpaired) electrons. The van der Waals surface area contributed by atoms with Gasteiger partial charge in [-0.25, -0.2) is 0 Å². The molecule has 1 fully saturated rings. The number of aliphatic carboxylic acids is 1. The van der Waals surface area contributed by atoms with Gasteiger partial charge < -0.3 is 15.7 Å². The molecule has 2 amide bonds. The molecule has 0 saturated heterocycles. The van der Waals surface area contributed by atoms with E-state index in [-0.39, 0.29) is 5.91 Å². The van der Waals surface area contributed by atoms with Gasteiger partial charge in [0, 0.05) is 6.54 Å². The summed E-state index contributed by atoms with van der Waals surface area (Å²) in [7, 11) is 0. The molecule has 3 N–H and O–H groups in total. The average Bonchev–Trinajstić information content (AvgIpc) is 2.23. The summed E-state index contributed by atoms with van der Waals surface area (Å²) >= 11 is 0. The van der Waals surface area contributed by atoms with Gasteiger partial charge >= 0.3 is 5.97 Å². The van der Waals surface area contributed by atoms with Crippen LogP contribution in [0, 0.1) is 11.3 Å². The topological polar surface area (TPSA) is 95.5 Å². The lowest BCUT2D eigenvalue weighted by molar-refractivity contribution is -0.162. The monoisotopic (exact) mass is 270 g/mol. The maximum absolute atomic E-state index is 12.0. The Balaban J connectivity index is 2.52. The zero-order valence-electron chi connectivity index (χ0n) is 11.7. The Morgan fingerprint density at radius 3 is 2.16 bits per heavy atom. The molecule has 1 rings (SSSR count). The van der Waals surface area contributed by atoms with Gasteiger partial charge in [-0.15, -0.1) is 0 Å². The van der Waals surface area contributed by atoms with E-state index in [1.165, 1.54) is 0 Å². The number of carboxylic acids is 1. The Kier molecular flexibility index (Phi) is 4.91. The lowest BCUT2D eigenvalue weighted by Crippen LogP contribution is -2.55. The Morgan fingerprint density at radius 1 is 1.21 bits per heavy atom. The van der Waals surface area contributed by atoms with Crippen molar-refractivity contribution >= 4 is 17.8 Å². The third kappa shape index (κ3) is 3.45. The lowest BCUT2D eigenvalue weighted by Gasteiger charge is -2.36. The van der Waals surface area contributed by atoms with Crippen molar-refractivity contribution in [2.24, 2.45) is 11.3 Å². The molecule has 1 saturated carbocycles. The second-order valence-electron chi connectivity index (χ2n) is 5.57. The maximum Gasteiger partial charge on any atom is 0.319 e. The van der Waals surface area contributed by atoms with Crippen molar-refractivity contribution in [2.45, 2.75) is 46.1 Å². The third-order valence-electron chi connectivity index (χ3n) is 3.48. The highest BCUT2D eigenvalue weighted by atomic mass is 16.4. The lowest BCUT2D eigenvalue weighted by atomic mass is 9.68. The van der Waals surface area contributed by atoms with Crippen molar-refractivity contribution in [3.05, 3.63) is 0 Å². The smallest absolute Gasteiger partial charge is 0.319 e. The van der Waals surface area contributed by atoms with Crippen LogP contribution in [-0.2, 0) is 14.4 Å². The van der Waals surface area contributed by atoms with Crippen molar-refractivity contribution < 1.29 is 19.5 Å². The molecular formula is C13H22N2O4. The highest BCUT2D eigenvalue weighted by molar-refractivity contribution is 6.04. The zero-order valence-corrected chi connectivity index (χ0v) is 11.7. The Bertz CT molecular complexity index is 375. The average molecular weight is 270 g/mol. The molecule has 0 bridgehead atoms. The van der Waals surface area contributed by atoms with Crippen LogP contribution in [0.5, 0.6) is 0 Å². The molecule has 1 aliphatic carbocycles. The molecule has 1 aliphatic rings. The van der Waals surface area contributed by atoms with Crippen molar-refractivity contribution in [3.8, 4) is 0 Å². The summed E-state index contributed by atoms with van der Waals surface area (Å²) in [6.07, 6.45) is 1.41. The Hall–Kier alpha value is -1.59. The van der Waals surface area contributed by atoms with Gasteiger partial charge in [0.05, 0.1) is 0 Å². The molecule has 0 spiro atoms. The standard InChI is InChI=1S/C13H22N2O4/c1-8(2)7-14-10(16)9(3)15-11(17)13(12(18)19)5-4-6-13/h8-9H,4-7H2,1-3H3,(H,14,16)(H,15,17)(H,18,19). The van der Waals surface area contributed by atoms with Crippen molar-refractivity contribution in [3.63, 3.8) is 0 Å². The van der Waals surface area contributed by atoms with Crippen molar-refractivity contribution in [2.75, 3.05) is 6.54 Å². The summed E-state index contributed by atoms with van der Waals surface area (Å²) in [4.78, 5) is 34.8. The number of hydrogen-bond donors (Lipinski definition) is 3. The molecule has 6 heteroatoms. The molecule has 0 heterocycles. The van der Waals surface area contributed by atoms with Crippen LogP contribution in [-0.4, -0.2) is 35.5 Å². The van der Waals surface area contributed by atoms with Gasteiger partial charge in [-0.05, 0) is 25.7 Å². The van der Waals surface area contributed by atoms with Crippen molar-refractivity contribution in [1.29, 1.82) is 0 Å². The normalized spacial score (nSPS) is 18.3. The zero-order chi connectivity index (χ0) is 14.6. The molecule has 1 atom stereocenters. The SMILES string of the molecule is CC(C)CNC(=O)C(C)NC(=O)C1(C(=O)O)CCC1. The predicted octanol–water partition coefficient (Wildman–Crippen LogP) is 0.518. The molecule has 108 valence electrons. The van der Waals surface area contributed by atoms with Crippen LogP contribution in [0.3, 0.4) is 0 Å². The van der Waals surface area contributed by atoms with Crippen LogP contribution in [0.25, 0.3) is 0 Å². The molecule has 1 unspecified atom stereocenters. The fraction of sp³-hybridized carbons (Fsp3) is 0.769. The maximum atomic E-state index is 12.0. The van der Waals surface area contributed by atoms with Gasteiger partial charge in [-0.1, -0.05) is 20.3 Å². The number of amides is 2. The van der Waals surface area contributed by atoms with E-state index in [4.69, 9.17) is 5.11 Å². The second kappa shape index (κ2) is 6.04. The van der Waals surface area contributed by atoms with E-state index in [2.05, 4.69) is 10.6 Å². The summed E-state index contributed by atoms with van der Waals surface area (Å²) in [5.41, 5.74) is -1.33. The first-order valence-electron chi connectivity index (χ1n) is 6.61. The summed E-state index contributed by atoms with van der Waals surface area (Å²) < 4.78 is 0. The number of hydrogen-bond acceptors (Lipinski definition) is 3. The van der Waals surface area contributed by atoms with E-state index < -0.39 is 23.3 Å². The van der Waals surface area contributed by atoms with Crippen LogP contribution < -0.4 is 10.6 Å². The number of carboxylic acid groups (broad SMARTS) is 1. The van der Waals surface area contributed by atoms with E-state index in [1.54, 1.807) is 6.92 Å². The minimum absolute atomic E-state index is 0.290. The number of nitrogens with one attached hydrogen (secondary N) is 2. The molecule has 19 heavy (non-hydrogen) atoms. The van der Waals surface area contributed by atoms with Crippen LogP contribution >= 0.6 is 0 Å². The van der Waals surface area contributed by atoms with E-state index in [0.717, 1.165) is 6.42 Å². The Morgan fingerprint density at radius 2 is 1.79 bits per heavy atom. The van der Waals surface area contributed by atoms with Gasteiger partial charge in [0.25, 0.3) is 0 Å². The van der Waals surface area contributed by atoms with Crippen LogP contribution in [0.2, 0.25) is 0 Å². The molecule has 0 aromatic rings. The van der Waals surface area contributed by atoms with Gasteiger partial charge in [-0.3, -0.25) is 14.4 Å². The Labute approximate surface area is 112 Å². The van der Waals surface area contributed by atoms with E-state index in [1.807, 2.05) is 13.8 Å². The molecular weight excluding hydrogens is 248 g/mol. The highest BCUT2D eigenvalue weighted by Gasteiger charge is 2.51. The predicted molar refractivity (Wildman–Crippen MR) is 69.4 cm³/mol. The fourth-order valence-electron chi connectivity index (χ4n) is 1.93. The summed E-state index contributed by atoms with van der Waals surface area (Å²) in [5.74, 6) is -1.63. The van der Waals surface area contributed by atoms with E-state index in [9.17, 15) is 14.4 Å². The minimum atomic E-state index is -1.33. The minimum Gasteiger partial charge on any atom is -0.480 e. The summed E-state index contributed by atoms with van der Waals surface area (Å²) in [6.45, 7) is 6.03. The van der Waals surface area contributed by atoms with Crippen LogP contribution in [0.15, 0.2) is 0 Å². The van der Waals surface area contributed by atoms with Gasteiger partial charge in [0.1, 0.15) is 11.5 Å². The van der Waals surface area contributed by atoms with Crippen molar-refractivity contribution in [1.82, 2.24) is 10.6 Å². The quantitative estimate of drug-likeness (QED) is 0.613. The molecule has 0 aliphatic heterocycles. The first kappa shape index (κ1) is 15.5. The third-order valence-corrected chi connectivity index (χ3v) is 3.48. The van der Waals surface area contributed by atoms with Gasteiger partial charge in [0.2, 0.25) is 11.8 Å². The number of carbonyl (C=O) groups excluding carboxylic acids is 2. The van der Waals surface area contributed by atoms with Gasteiger partial charge in [-0.2, -0.15) is 0 Å². The first-order valence-corrected chi connectivity index (χ1v) is 6.61. The second-order valence-corrected chi connectivity index (χ2v) is 5.57. The fourth-order valence-corrected chi connectivity index (χ4v) is 1.93. The molecule has 0 aromatic heterocycles. The first-order chi connectivity index (χ1) is 8.79. The largest absolute Gasteiger partial charge is 0.480 e. The van der Waals surface area contributed by atoms with Gasteiger partial charge in [0.15, 0.2) is 0 Å². The number of carbonyl (C=O) groups is 3. The molecule has 0 aromatic carbocycles. The number of rotatable bonds is 6. The molecule has 6 nitrogen and oxygen atoms in total.